The van der Waals surface area contributed by atoms with E-state index in [-0.39, 0.29) is 17.6 Å². The Bertz CT molecular complexity index is 552. The third-order valence-corrected chi connectivity index (χ3v) is 3.31. The summed E-state index contributed by atoms with van der Waals surface area (Å²) in [5.74, 6) is 0.359. The summed E-state index contributed by atoms with van der Waals surface area (Å²) >= 11 is 0. The second kappa shape index (κ2) is 7.46. The van der Waals surface area contributed by atoms with Crippen molar-refractivity contribution in [3.05, 3.63) is 35.4 Å². The number of carbonyl (C=O) groups is 1. The molecule has 1 aromatic rings. The fourth-order valence-corrected chi connectivity index (χ4v) is 2.12. The number of hydrogen-bond donors (Lipinski definition) is 1. The minimum atomic E-state index is -0.371. The number of rotatable bonds is 5. The van der Waals surface area contributed by atoms with Crippen molar-refractivity contribution in [2.24, 2.45) is 0 Å². The first-order valence-corrected chi connectivity index (χ1v) is 6.88. The zero-order chi connectivity index (χ0) is 15.1. The van der Waals surface area contributed by atoms with E-state index in [4.69, 9.17) is 14.7 Å². The molecule has 1 aliphatic rings. The van der Waals surface area contributed by atoms with Crippen molar-refractivity contribution in [2.45, 2.75) is 18.9 Å². The Labute approximate surface area is 124 Å². The molecule has 0 aromatic heterocycles. The average Bonchev–Trinajstić information content (AvgIpc) is 3.04. The summed E-state index contributed by atoms with van der Waals surface area (Å²) < 4.78 is 10.5. The summed E-state index contributed by atoms with van der Waals surface area (Å²) in [6.07, 6.45) is 3.59. The maximum Gasteiger partial charge on any atom is 0.262 e. The largest absolute Gasteiger partial charge is 0.497 e. The highest BCUT2D eigenvalue weighted by molar-refractivity contribution is 6.01. The van der Waals surface area contributed by atoms with Gasteiger partial charge in [0.25, 0.3) is 5.91 Å². The molecule has 1 amide bonds. The fourth-order valence-electron chi connectivity index (χ4n) is 2.12. The Balaban J connectivity index is 1.98. The molecule has 0 saturated carbocycles. The van der Waals surface area contributed by atoms with Crippen LogP contribution in [0.3, 0.4) is 0 Å². The van der Waals surface area contributed by atoms with Gasteiger partial charge in [-0.05, 0) is 36.6 Å². The van der Waals surface area contributed by atoms with Gasteiger partial charge in [0, 0.05) is 13.2 Å². The van der Waals surface area contributed by atoms with E-state index in [0.29, 0.717) is 6.54 Å². The van der Waals surface area contributed by atoms with Gasteiger partial charge in [-0.1, -0.05) is 12.1 Å². The summed E-state index contributed by atoms with van der Waals surface area (Å²) in [6, 6.07) is 9.09. The van der Waals surface area contributed by atoms with Crippen LogP contribution in [0.25, 0.3) is 6.08 Å². The first kappa shape index (κ1) is 15.1. The third kappa shape index (κ3) is 4.33. The molecule has 0 spiro atoms. The summed E-state index contributed by atoms with van der Waals surface area (Å²) in [5, 5.41) is 11.9. The number of methoxy groups -OCH3 is 1. The van der Waals surface area contributed by atoms with Crippen molar-refractivity contribution in [2.75, 3.05) is 20.3 Å². The van der Waals surface area contributed by atoms with Gasteiger partial charge in [0.1, 0.15) is 17.4 Å². The highest BCUT2D eigenvalue weighted by atomic mass is 16.5. The first-order valence-electron chi connectivity index (χ1n) is 6.88. The second-order valence-electron chi connectivity index (χ2n) is 4.79. The van der Waals surface area contributed by atoms with E-state index < -0.39 is 0 Å². The standard InChI is InChI=1S/C16H18N2O3/c1-20-14-6-4-12(5-7-14)9-13(10-17)16(19)18-11-15-3-2-8-21-15/h4-7,9,15H,2-3,8,11H2,1H3,(H,18,19)/b13-9-/t15-/m1/s1. The van der Waals surface area contributed by atoms with Crippen LogP contribution in [0.15, 0.2) is 29.8 Å². The van der Waals surface area contributed by atoms with Crippen LogP contribution in [0, 0.1) is 11.3 Å². The number of nitrogens with one attached hydrogen (secondary N) is 1. The predicted molar refractivity (Wildman–Crippen MR) is 78.6 cm³/mol. The van der Waals surface area contributed by atoms with Crippen LogP contribution < -0.4 is 10.1 Å². The maximum absolute atomic E-state index is 12.0. The number of amides is 1. The quantitative estimate of drug-likeness (QED) is 0.663. The molecule has 1 saturated heterocycles. The molecule has 110 valence electrons. The Morgan fingerprint density at radius 3 is 2.86 bits per heavy atom. The molecule has 2 rings (SSSR count). The maximum atomic E-state index is 12.0. The molecule has 0 radical (unpaired) electrons. The highest BCUT2D eigenvalue weighted by Crippen LogP contribution is 2.14. The van der Waals surface area contributed by atoms with Crippen molar-refractivity contribution >= 4 is 12.0 Å². The second-order valence-corrected chi connectivity index (χ2v) is 4.79. The number of nitrogens with zero attached hydrogens (tertiary/aromatic N) is 1. The van der Waals surface area contributed by atoms with Gasteiger partial charge >= 0.3 is 0 Å². The Hall–Kier alpha value is -2.32. The minimum absolute atomic E-state index is 0.0647. The molecule has 21 heavy (non-hydrogen) atoms. The summed E-state index contributed by atoms with van der Waals surface area (Å²) in [7, 11) is 1.59. The highest BCUT2D eigenvalue weighted by Gasteiger charge is 2.17. The van der Waals surface area contributed by atoms with E-state index in [1.165, 1.54) is 0 Å². The lowest BCUT2D eigenvalue weighted by molar-refractivity contribution is -0.117. The predicted octanol–water partition coefficient (Wildman–Crippen LogP) is 1.90. The van der Waals surface area contributed by atoms with Crippen LogP contribution in [0.1, 0.15) is 18.4 Å². The molecule has 1 aliphatic heterocycles. The normalized spacial score (nSPS) is 18.1. The zero-order valence-corrected chi connectivity index (χ0v) is 12.0. The average molecular weight is 286 g/mol. The van der Waals surface area contributed by atoms with E-state index >= 15 is 0 Å². The SMILES string of the molecule is COc1ccc(/C=C(/C#N)C(=O)NC[C@H]2CCCO2)cc1. The molecule has 1 heterocycles. The number of benzene rings is 1. The minimum Gasteiger partial charge on any atom is -0.497 e. The van der Waals surface area contributed by atoms with Crippen LogP contribution in [-0.2, 0) is 9.53 Å². The number of ether oxygens (including phenoxy) is 2. The number of hydrogen-bond acceptors (Lipinski definition) is 4. The van der Waals surface area contributed by atoms with Crippen molar-refractivity contribution < 1.29 is 14.3 Å². The van der Waals surface area contributed by atoms with Crippen molar-refractivity contribution in [1.82, 2.24) is 5.32 Å². The van der Waals surface area contributed by atoms with E-state index in [1.807, 2.05) is 6.07 Å². The lowest BCUT2D eigenvalue weighted by Crippen LogP contribution is -2.32. The van der Waals surface area contributed by atoms with Crippen LogP contribution in [-0.4, -0.2) is 32.3 Å². The molecule has 5 nitrogen and oxygen atoms in total. The van der Waals surface area contributed by atoms with Crippen LogP contribution >= 0.6 is 0 Å². The number of carbonyl (C=O) groups excluding carboxylic acids is 1. The van der Waals surface area contributed by atoms with E-state index in [2.05, 4.69) is 5.32 Å². The fraction of sp³-hybridized carbons (Fsp3) is 0.375. The molecular weight excluding hydrogens is 268 g/mol. The molecule has 1 N–H and O–H groups in total. The molecule has 0 bridgehead atoms. The van der Waals surface area contributed by atoms with Gasteiger partial charge in [-0.2, -0.15) is 5.26 Å². The molecule has 5 heteroatoms. The van der Waals surface area contributed by atoms with Crippen LogP contribution in [0.5, 0.6) is 5.75 Å². The lowest BCUT2D eigenvalue weighted by Gasteiger charge is -2.10. The molecule has 1 atom stereocenters. The Morgan fingerprint density at radius 1 is 1.52 bits per heavy atom. The van der Waals surface area contributed by atoms with E-state index in [9.17, 15) is 4.79 Å². The van der Waals surface area contributed by atoms with Gasteiger partial charge in [0.05, 0.1) is 13.2 Å². The summed E-state index contributed by atoms with van der Waals surface area (Å²) in [6.45, 7) is 1.19. The monoisotopic (exact) mass is 286 g/mol. The molecule has 1 fully saturated rings. The van der Waals surface area contributed by atoms with Gasteiger partial charge in [-0.15, -0.1) is 0 Å². The number of nitriles is 1. The van der Waals surface area contributed by atoms with Gasteiger partial charge in [0.2, 0.25) is 0 Å². The van der Waals surface area contributed by atoms with Crippen molar-refractivity contribution in [3.8, 4) is 11.8 Å². The molecule has 1 aromatic carbocycles. The Morgan fingerprint density at radius 2 is 2.29 bits per heavy atom. The van der Waals surface area contributed by atoms with E-state index in [0.717, 1.165) is 30.8 Å². The molecular formula is C16H18N2O3. The van der Waals surface area contributed by atoms with E-state index in [1.54, 1.807) is 37.5 Å². The van der Waals surface area contributed by atoms with Gasteiger partial charge in [-0.3, -0.25) is 4.79 Å². The summed E-state index contributed by atoms with van der Waals surface area (Å²) in [4.78, 5) is 12.0. The Kier molecular flexibility index (Phi) is 5.35. The smallest absolute Gasteiger partial charge is 0.262 e. The molecule has 0 aliphatic carbocycles. The topological polar surface area (TPSA) is 71.3 Å². The van der Waals surface area contributed by atoms with Crippen LogP contribution in [0.4, 0.5) is 0 Å². The summed E-state index contributed by atoms with van der Waals surface area (Å²) in [5.41, 5.74) is 0.859. The van der Waals surface area contributed by atoms with Crippen molar-refractivity contribution in [1.29, 1.82) is 5.26 Å². The van der Waals surface area contributed by atoms with Crippen LogP contribution in [0.2, 0.25) is 0 Å². The molecule has 0 unspecified atom stereocenters. The van der Waals surface area contributed by atoms with Crippen molar-refractivity contribution in [3.63, 3.8) is 0 Å². The lowest BCUT2D eigenvalue weighted by atomic mass is 10.1. The van der Waals surface area contributed by atoms with Gasteiger partial charge < -0.3 is 14.8 Å². The third-order valence-electron chi connectivity index (χ3n) is 3.31. The first-order chi connectivity index (χ1) is 10.2. The van der Waals surface area contributed by atoms with Gasteiger partial charge in [-0.25, -0.2) is 0 Å². The zero-order valence-electron chi connectivity index (χ0n) is 12.0. The van der Waals surface area contributed by atoms with Gasteiger partial charge in [0.15, 0.2) is 0 Å².